The second-order valence-corrected chi connectivity index (χ2v) is 5.05. The van der Waals surface area contributed by atoms with Crippen molar-refractivity contribution in [3.63, 3.8) is 0 Å². The quantitative estimate of drug-likeness (QED) is 0.844. The van der Waals surface area contributed by atoms with E-state index in [0.717, 1.165) is 10.7 Å². The Morgan fingerprint density at radius 1 is 1.69 bits per heavy atom. The van der Waals surface area contributed by atoms with Gasteiger partial charge in [-0.15, -0.1) is 11.3 Å². The van der Waals surface area contributed by atoms with Gasteiger partial charge < -0.3 is 10.0 Å². The molecule has 0 spiro atoms. The predicted molar refractivity (Wildman–Crippen MR) is 64.5 cm³/mol. The number of hydrogen-bond donors (Lipinski definition) is 1. The molecule has 1 amide bonds. The Morgan fingerprint density at radius 3 is 2.88 bits per heavy atom. The molecule has 1 atom stereocenters. The minimum Gasteiger partial charge on any atom is -0.393 e. The summed E-state index contributed by atoms with van der Waals surface area (Å²) in [7, 11) is 1.75. The lowest BCUT2D eigenvalue weighted by molar-refractivity contribution is -0.129. The van der Waals surface area contributed by atoms with Gasteiger partial charge in [-0.1, -0.05) is 0 Å². The van der Waals surface area contributed by atoms with E-state index in [0.29, 0.717) is 19.4 Å². The number of aromatic nitrogens is 1. The number of amides is 1. The van der Waals surface area contributed by atoms with E-state index in [1.165, 1.54) is 0 Å². The monoisotopic (exact) mass is 242 g/mol. The molecule has 0 saturated heterocycles. The molecule has 0 aliphatic heterocycles. The van der Waals surface area contributed by atoms with Gasteiger partial charge in [0.1, 0.15) is 0 Å². The van der Waals surface area contributed by atoms with E-state index >= 15 is 0 Å². The molecule has 1 heterocycles. The second kappa shape index (κ2) is 5.96. The number of carbonyl (C=O) groups excluding carboxylic acids is 1. The van der Waals surface area contributed by atoms with E-state index in [2.05, 4.69) is 4.98 Å². The minimum absolute atomic E-state index is 0.0472. The number of aryl methyl sites for hydroxylation is 1. The van der Waals surface area contributed by atoms with Crippen molar-refractivity contribution < 1.29 is 9.90 Å². The molecule has 1 aromatic rings. The fourth-order valence-electron chi connectivity index (χ4n) is 1.28. The molecule has 16 heavy (non-hydrogen) atoms. The van der Waals surface area contributed by atoms with E-state index < -0.39 is 0 Å². The summed E-state index contributed by atoms with van der Waals surface area (Å²) in [5.74, 6) is 0.0472. The molecule has 0 aliphatic carbocycles. The maximum absolute atomic E-state index is 11.7. The summed E-state index contributed by atoms with van der Waals surface area (Å²) < 4.78 is 0. The van der Waals surface area contributed by atoms with Gasteiger partial charge in [0.15, 0.2) is 0 Å². The largest absolute Gasteiger partial charge is 0.393 e. The number of aliphatic hydroxyl groups is 1. The molecule has 0 bridgehead atoms. The van der Waals surface area contributed by atoms with Crippen LogP contribution in [-0.2, 0) is 11.2 Å². The Hall–Kier alpha value is -0.940. The molecular formula is C11H18N2O2S. The van der Waals surface area contributed by atoms with Crippen molar-refractivity contribution in [2.75, 3.05) is 13.6 Å². The van der Waals surface area contributed by atoms with Crippen molar-refractivity contribution in [2.45, 2.75) is 32.8 Å². The van der Waals surface area contributed by atoms with Crippen LogP contribution in [-0.4, -0.2) is 40.6 Å². The van der Waals surface area contributed by atoms with Crippen LogP contribution in [0.1, 0.15) is 24.0 Å². The Labute approximate surface area is 99.9 Å². The van der Waals surface area contributed by atoms with Crippen molar-refractivity contribution >= 4 is 17.2 Å². The van der Waals surface area contributed by atoms with Gasteiger partial charge in [-0.05, 0) is 20.3 Å². The van der Waals surface area contributed by atoms with Crippen LogP contribution < -0.4 is 0 Å². The summed E-state index contributed by atoms with van der Waals surface area (Å²) >= 11 is 1.55. The van der Waals surface area contributed by atoms with Crippen molar-refractivity contribution in [1.82, 2.24) is 9.88 Å². The zero-order chi connectivity index (χ0) is 12.1. The molecule has 90 valence electrons. The van der Waals surface area contributed by atoms with E-state index in [9.17, 15) is 4.79 Å². The topological polar surface area (TPSA) is 53.4 Å². The summed E-state index contributed by atoms with van der Waals surface area (Å²) in [6.07, 6.45) is 0.593. The summed E-state index contributed by atoms with van der Waals surface area (Å²) in [6, 6.07) is 0. The van der Waals surface area contributed by atoms with Crippen LogP contribution >= 0.6 is 11.3 Å². The van der Waals surface area contributed by atoms with Crippen molar-refractivity contribution in [2.24, 2.45) is 0 Å². The highest BCUT2D eigenvalue weighted by molar-refractivity contribution is 7.09. The average Bonchev–Trinajstić information content (AvgIpc) is 2.60. The Kier molecular flexibility index (Phi) is 4.89. The summed E-state index contributed by atoms with van der Waals surface area (Å²) in [6.45, 7) is 4.23. The lowest BCUT2D eigenvalue weighted by atomic mass is 10.2. The molecule has 0 saturated carbocycles. The number of carbonyl (C=O) groups is 1. The highest BCUT2D eigenvalue weighted by Crippen LogP contribution is 2.09. The van der Waals surface area contributed by atoms with Gasteiger partial charge in [0.25, 0.3) is 0 Å². The molecule has 0 aliphatic rings. The lowest BCUT2D eigenvalue weighted by Gasteiger charge is -2.17. The molecule has 0 radical (unpaired) electrons. The molecule has 4 nitrogen and oxygen atoms in total. The first kappa shape index (κ1) is 13.1. The molecule has 1 rings (SSSR count). The van der Waals surface area contributed by atoms with Gasteiger partial charge in [0.2, 0.25) is 5.91 Å². The number of likely N-dealkylation sites (N-methyl/N-ethyl adjacent to an activating group) is 1. The standard InChI is InChI=1S/C11H18N2O2S/c1-8(14)4-5-13(3)11(15)6-10-7-16-9(2)12-10/h7-8,14H,4-6H2,1-3H3. The van der Waals surface area contributed by atoms with E-state index in [1.54, 1.807) is 30.2 Å². The van der Waals surface area contributed by atoms with E-state index in [1.807, 2.05) is 12.3 Å². The second-order valence-electron chi connectivity index (χ2n) is 3.99. The fourth-order valence-corrected chi connectivity index (χ4v) is 1.90. The molecule has 0 aromatic carbocycles. The third kappa shape index (κ3) is 4.28. The lowest BCUT2D eigenvalue weighted by Crippen LogP contribution is -2.30. The summed E-state index contributed by atoms with van der Waals surface area (Å²) in [5, 5.41) is 12.0. The molecular weight excluding hydrogens is 224 g/mol. The third-order valence-corrected chi connectivity index (χ3v) is 3.13. The Bertz CT molecular complexity index is 350. The van der Waals surface area contributed by atoms with Crippen LogP contribution in [0, 0.1) is 6.92 Å². The number of thiazole rings is 1. The average molecular weight is 242 g/mol. The first-order valence-electron chi connectivity index (χ1n) is 5.32. The molecule has 1 N–H and O–H groups in total. The van der Waals surface area contributed by atoms with Gasteiger partial charge in [-0.25, -0.2) is 4.98 Å². The molecule has 5 heteroatoms. The van der Waals surface area contributed by atoms with Crippen LogP contribution in [0.5, 0.6) is 0 Å². The summed E-state index contributed by atoms with van der Waals surface area (Å²) in [4.78, 5) is 17.6. The first-order valence-corrected chi connectivity index (χ1v) is 6.20. The normalized spacial score (nSPS) is 12.5. The van der Waals surface area contributed by atoms with Crippen molar-refractivity contribution in [3.05, 3.63) is 16.1 Å². The SMILES string of the molecule is Cc1nc(CC(=O)N(C)CCC(C)O)cs1. The zero-order valence-corrected chi connectivity index (χ0v) is 10.8. The zero-order valence-electron chi connectivity index (χ0n) is 9.93. The Balaban J connectivity index is 2.39. The maximum Gasteiger partial charge on any atom is 0.228 e. The number of rotatable bonds is 5. The van der Waals surface area contributed by atoms with Gasteiger partial charge in [0, 0.05) is 19.0 Å². The van der Waals surface area contributed by atoms with Crippen LogP contribution in [0.3, 0.4) is 0 Å². The van der Waals surface area contributed by atoms with Gasteiger partial charge in [-0.3, -0.25) is 4.79 Å². The maximum atomic E-state index is 11.7. The molecule has 1 aromatic heterocycles. The van der Waals surface area contributed by atoms with Crippen LogP contribution in [0.15, 0.2) is 5.38 Å². The van der Waals surface area contributed by atoms with E-state index in [-0.39, 0.29) is 12.0 Å². The van der Waals surface area contributed by atoms with E-state index in [4.69, 9.17) is 5.11 Å². The molecule has 1 unspecified atom stereocenters. The highest BCUT2D eigenvalue weighted by Gasteiger charge is 2.11. The van der Waals surface area contributed by atoms with Crippen LogP contribution in [0.25, 0.3) is 0 Å². The van der Waals surface area contributed by atoms with Gasteiger partial charge >= 0.3 is 0 Å². The molecule has 0 fully saturated rings. The number of aliphatic hydroxyl groups excluding tert-OH is 1. The van der Waals surface area contributed by atoms with Crippen LogP contribution in [0.2, 0.25) is 0 Å². The van der Waals surface area contributed by atoms with Gasteiger partial charge in [-0.2, -0.15) is 0 Å². The smallest absolute Gasteiger partial charge is 0.228 e. The van der Waals surface area contributed by atoms with Crippen molar-refractivity contribution in [3.8, 4) is 0 Å². The Morgan fingerprint density at radius 2 is 2.38 bits per heavy atom. The highest BCUT2D eigenvalue weighted by atomic mass is 32.1. The summed E-state index contributed by atoms with van der Waals surface area (Å²) in [5.41, 5.74) is 0.830. The van der Waals surface area contributed by atoms with Gasteiger partial charge in [0.05, 0.1) is 23.2 Å². The van der Waals surface area contributed by atoms with Crippen molar-refractivity contribution in [1.29, 1.82) is 0 Å². The van der Waals surface area contributed by atoms with Crippen LogP contribution in [0.4, 0.5) is 0 Å². The third-order valence-electron chi connectivity index (χ3n) is 2.31. The first-order chi connectivity index (χ1) is 7.49. The minimum atomic E-state index is -0.364. The number of nitrogens with zero attached hydrogens (tertiary/aromatic N) is 2. The predicted octanol–water partition coefficient (Wildman–Crippen LogP) is 1.22. The number of hydrogen-bond acceptors (Lipinski definition) is 4. The fraction of sp³-hybridized carbons (Fsp3) is 0.636.